The number of carbonyl (C=O) groups excluding carboxylic acids is 1. The summed E-state index contributed by atoms with van der Waals surface area (Å²) in [5.74, 6) is -0.00319. The van der Waals surface area contributed by atoms with E-state index < -0.39 is 0 Å². The molecule has 9 heteroatoms. The van der Waals surface area contributed by atoms with Gasteiger partial charge in [-0.2, -0.15) is 0 Å². The summed E-state index contributed by atoms with van der Waals surface area (Å²) >= 11 is 1.32. The van der Waals surface area contributed by atoms with Crippen molar-refractivity contribution < 1.29 is 15.0 Å². The third kappa shape index (κ3) is 3.81. The number of nitrogen functional groups attached to an aromatic ring is 1. The Morgan fingerprint density at radius 1 is 1.14 bits per heavy atom. The second-order valence-corrected chi connectivity index (χ2v) is 7.16. The summed E-state index contributed by atoms with van der Waals surface area (Å²) in [6.07, 6.45) is 2.15. The molecule has 0 saturated heterocycles. The van der Waals surface area contributed by atoms with E-state index >= 15 is 0 Å². The number of aromatic nitrogens is 3. The van der Waals surface area contributed by atoms with Crippen molar-refractivity contribution >= 4 is 33.3 Å². The van der Waals surface area contributed by atoms with Crippen LogP contribution in [0.2, 0.25) is 0 Å². The number of thiophene rings is 1. The van der Waals surface area contributed by atoms with Crippen LogP contribution in [-0.4, -0.2) is 37.6 Å². The van der Waals surface area contributed by atoms with Gasteiger partial charge in [0.15, 0.2) is 17.3 Å². The molecule has 146 valence electrons. The van der Waals surface area contributed by atoms with Crippen LogP contribution in [-0.2, 0) is 6.42 Å². The van der Waals surface area contributed by atoms with E-state index in [9.17, 15) is 15.0 Å². The van der Waals surface area contributed by atoms with Crippen molar-refractivity contribution in [1.29, 1.82) is 0 Å². The van der Waals surface area contributed by atoms with Gasteiger partial charge in [0.1, 0.15) is 16.3 Å². The van der Waals surface area contributed by atoms with E-state index in [-0.39, 0.29) is 23.2 Å². The highest BCUT2D eigenvalue weighted by molar-refractivity contribution is 7.17. The first kappa shape index (κ1) is 18.6. The number of rotatable bonds is 5. The Labute approximate surface area is 169 Å². The monoisotopic (exact) mass is 407 g/mol. The fourth-order valence-corrected chi connectivity index (χ4v) is 3.81. The van der Waals surface area contributed by atoms with E-state index in [0.717, 1.165) is 5.56 Å². The summed E-state index contributed by atoms with van der Waals surface area (Å²) < 4.78 is 0. The molecule has 4 rings (SSSR count). The Kier molecular flexibility index (Phi) is 4.96. The molecule has 0 bridgehead atoms. The molecule has 29 heavy (non-hydrogen) atoms. The number of phenolic OH excluding ortho intramolecular Hbond substituents is 2. The summed E-state index contributed by atoms with van der Waals surface area (Å²) in [7, 11) is 0. The number of hydrogen-bond acceptors (Lipinski definition) is 8. The van der Waals surface area contributed by atoms with Crippen molar-refractivity contribution in [3.05, 3.63) is 59.1 Å². The number of hydrogen-bond donors (Lipinski definition) is 4. The van der Waals surface area contributed by atoms with E-state index in [0.29, 0.717) is 40.3 Å². The molecule has 0 unspecified atom stereocenters. The number of amides is 1. The highest BCUT2D eigenvalue weighted by atomic mass is 32.1. The van der Waals surface area contributed by atoms with Gasteiger partial charge in [0.25, 0.3) is 5.91 Å². The molecule has 1 aromatic carbocycles. The van der Waals surface area contributed by atoms with Gasteiger partial charge in [-0.1, -0.05) is 12.1 Å². The predicted octanol–water partition coefficient (Wildman–Crippen LogP) is 2.72. The van der Waals surface area contributed by atoms with Crippen LogP contribution in [0.15, 0.2) is 48.0 Å². The van der Waals surface area contributed by atoms with Gasteiger partial charge in [0.2, 0.25) is 0 Å². The van der Waals surface area contributed by atoms with Gasteiger partial charge >= 0.3 is 0 Å². The van der Waals surface area contributed by atoms with Crippen molar-refractivity contribution in [3.8, 4) is 23.0 Å². The minimum atomic E-state index is -0.278. The van der Waals surface area contributed by atoms with Crippen molar-refractivity contribution in [2.45, 2.75) is 6.42 Å². The molecule has 0 atom stereocenters. The molecule has 1 amide bonds. The first-order valence-corrected chi connectivity index (χ1v) is 9.66. The molecular formula is C20H17N5O3S. The predicted molar refractivity (Wildman–Crippen MR) is 111 cm³/mol. The fourth-order valence-electron chi connectivity index (χ4n) is 2.89. The molecule has 0 aliphatic carbocycles. The molecule has 0 saturated carbocycles. The Morgan fingerprint density at radius 2 is 2.00 bits per heavy atom. The van der Waals surface area contributed by atoms with Gasteiger partial charge in [-0.15, -0.1) is 11.3 Å². The number of anilines is 1. The number of fused-ring (bicyclic) bond motifs is 1. The molecular weight excluding hydrogens is 390 g/mol. The number of aromatic hydroxyl groups is 2. The number of pyridine rings is 1. The molecule has 0 aliphatic heterocycles. The number of nitrogens with zero attached hydrogens (tertiary/aromatic N) is 3. The largest absolute Gasteiger partial charge is 0.504 e. The topological polar surface area (TPSA) is 134 Å². The lowest BCUT2D eigenvalue weighted by atomic mass is 10.1. The number of nitrogens with one attached hydrogen (secondary N) is 1. The van der Waals surface area contributed by atoms with E-state index in [1.54, 1.807) is 29.8 Å². The minimum Gasteiger partial charge on any atom is -0.504 e. The van der Waals surface area contributed by atoms with Crippen LogP contribution in [0.3, 0.4) is 0 Å². The molecule has 0 aliphatic rings. The van der Waals surface area contributed by atoms with Crippen molar-refractivity contribution in [3.63, 3.8) is 0 Å². The zero-order valence-corrected chi connectivity index (χ0v) is 16.0. The second-order valence-electron chi connectivity index (χ2n) is 6.31. The van der Waals surface area contributed by atoms with Gasteiger partial charge in [-0.25, -0.2) is 9.97 Å². The van der Waals surface area contributed by atoms with E-state index in [4.69, 9.17) is 5.73 Å². The van der Waals surface area contributed by atoms with Gasteiger partial charge in [-0.3, -0.25) is 9.78 Å². The van der Waals surface area contributed by atoms with Crippen LogP contribution in [0.4, 0.5) is 5.82 Å². The molecule has 0 fully saturated rings. The Hall–Kier alpha value is -3.72. The number of phenols is 2. The maximum atomic E-state index is 12.6. The zero-order chi connectivity index (χ0) is 20.4. The first-order chi connectivity index (χ1) is 14.0. The average Bonchev–Trinajstić information content (AvgIpc) is 3.16. The molecule has 4 aromatic rings. The maximum absolute atomic E-state index is 12.6. The Balaban J connectivity index is 1.51. The van der Waals surface area contributed by atoms with Crippen molar-refractivity contribution in [2.24, 2.45) is 0 Å². The number of carbonyl (C=O) groups is 1. The van der Waals surface area contributed by atoms with Gasteiger partial charge < -0.3 is 21.3 Å². The normalized spacial score (nSPS) is 10.9. The summed E-state index contributed by atoms with van der Waals surface area (Å²) in [6.45, 7) is 0.354. The molecule has 5 N–H and O–H groups in total. The second kappa shape index (κ2) is 7.72. The molecule has 0 spiro atoms. The van der Waals surface area contributed by atoms with Crippen LogP contribution in [0, 0.1) is 0 Å². The number of benzene rings is 1. The van der Waals surface area contributed by atoms with Crippen LogP contribution < -0.4 is 11.1 Å². The minimum absolute atomic E-state index is 0.178. The lowest BCUT2D eigenvalue weighted by Gasteiger charge is -2.07. The van der Waals surface area contributed by atoms with E-state index in [1.807, 2.05) is 6.07 Å². The standard InChI is InChI=1S/C20H17N5O3S/c21-17-16-12(19(28)23-8-6-11-4-5-14(26)15(27)9-11)10-29-20(16)25-18(24-17)13-3-1-2-7-22-13/h1-5,7,9-10,26-27H,6,8H2,(H,23,28)(H2,21,24,25). The van der Waals surface area contributed by atoms with E-state index in [1.165, 1.54) is 23.5 Å². The summed E-state index contributed by atoms with van der Waals surface area (Å²) in [6, 6.07) is 10.0. The molecule has 3 heterocycles. The summed E-state index contributed by atoms with van der Waals surface area (Å²) in [5, 5.41) is 24.0. The van der Waals surface area contributed by atoms with Gasteiger partial charge in [0, 0.05) is 18.1 Å². The molecule has 3 aromatic heterocycles. The first-order valence-electron chi connectivity index (χ1n) is 8.78. The number of nitrogens with two attached hydrogens (primary N) is 1. The van der Waals surface area contributed by atoms with Gasteiger partial charge in [0.05, 0.1) is 10.9 Å². The van der Waals surface area contributed by atoms with E-state index in [2.05, 4.69) is 20.3 Å². The summed E-state index contributed by atoms with van der Waals surface area (Å²) in [4.78, 5) is 26.3. The average molecular weight is 407 g/mol. The summed E-state index contributed by atoms with van der Waals surface area (Å²) in [5.41, 5.74) is 7.94. The van der Waals surface area contributed by atoms with Crippen LogP contribution >= 0.6 is 11.3 Å². The molecule has 8 nitrogen and oxygen atoms in total. The maximum Gasteiger partial charge on any atom is 0.252 e. The SMILES string of the molecule is Nc1nc(-c2ccccn2)nc2scc(C(=O)NCCc3ccc(O)c(O)c3)c12. The van der Waals surface area contributed by atoms with Crippen LogP contribution in [0.5, 0.6) is 11.5 Å². The van der Waals surface area contributed by atoms with Crippen molar-refractivity contribution in [2.75, 3.05) is 12.3 Å². The Bertz CT molecular complexity index is 1190. The smallest absolute Gasteiger partial charge is 0.252 e. The van der Waals surface area contributed by atoms with Crippen molar-refractivity contribution in [1.82, 2.24) is 20.3 Å². The van der Waals surface area contributed by atoms with Crippen LogP contribution in [0.1, 0.15) is 15.9 Å². The van der Waals surface area contributed by atoms with Crippen LogP contribution in [0.25, 0.3) is 21.7 Å². The quantitative estimate of drug-likeness (QED) is 0.374. The lowest BCUT2D eigenvalue weighted by molar-refractivity contribution is 0.0956. The fraction of sp³-hybridized carbons (Fsp3) is 0.100. The zero-order valence-electron chi connectivity index (χ0n) is 15.2. The Morgan fingerprint density at radius 3 is 2.76 bits per heavy atom. The highest BCUT2D eigenvalue weighted by Gasteiger charge is 2.18. The van der Waals surface area contributed by atoms with Gasteiger partial charge in [-0.05, 0) is 36.2 Å². The third-order valence-electron chi connectivity index (χ3n) is 4.34. The molecule has 0 radical (unpaired) electrons. The highest BCUT2D eigenvalue weighted by Crippen LogP contribution is 2.30. The lowest BCUT2D eigenvalue weighted by Crippen LogP contribution is -2.25. The third-order valence-corrected chi connectivity index (χ3v) is 5.21.